The fraction of sp³-hybridized carbons (Fsp3) is 0.500. The fourth-order valence-electron chi connectivity index (χ4n) is 6.17. The van der Waals surface area contributed by atoms with Gasteiger partial charge in [-0.25, -0.2) is 9.78 Å². The molecule has 38 heavy (non-hydrogen) atoms. The van der Waals surface area contributed by atoms with E-state index in [1.807, 2.05) is 37.3 Å². The van der Waals surface area contributed by atoms with Gasteiger partial charge in [-0.3, -0.25) is 9.59 Å². The van der Waals surface area contributed by atoms with Crippen molar-refractivity contribution in [2.75, 3.05) is 25.1 Å². The zero-order valence-electron chi connectivity index (χ0n) is 21.9. The number of piperidine rings is 2. The number of carbonyl (C=O) groups excluding carboxylic acids is 2. The fourth-order valence-corrected chi connectivity index (χ4v) is 6.17. The van der Waals surface area contributed by atoms with E-state index in [1.165, 1.54) is 4.90 Å². The van der Waals surface area contributed by atoms with Crippen molar-refractivity contribution in [2.45, 2.75) is 69.6 Å². The molecule has 10 heteroatoms. The Morgan fingerprint density at radius 1 is 0.947 bits per heavy atom. The van der Waals surface area contributed by atoms with Gasteiger partial charge in [0.25, 0.3) is 11.8 Å². The van der Waals surface area contributed by atoms with Gasteiger partial charge in [0.2, 0.25) is 0 Å². The van der Waals surface area contributed by atoms with Crippen molar-refractivity contribution in [2.24, 2.45) is 0 Å². The lowest BCUT2D eigenvalue weighted by atomic mass is 9.96. The average Bonchev–Trinajstić information content (AvgIpc) is 3.19. The smallest absolute Gasteiger partial charge is 0.407 e. The average molecular weight is 522 g/mol. The molecule has 3 fully saturated rings. The molecule has 1 aromatic carbocycles. The summed E-state index contributed by atoms with van der Waals surface area (Å²) in [6.45, 7) is 2.75. The first-order chi connectivity index (χ1) is 18.3. The molecule has 3 saturated heterocycles. The number of likely N-dealkylation sites (tertiary alicyclic amines) is 1. The van der Waals surface area contributed by atoms with Crippen LogP contribution >= 0.6 is 0 Å². The van der Waals surface area contributed by atoms with Gasteiger partial charge in [-0.05, 0) is 69.7 Å². The van der Waals surface area contributed by atoms with Crippen molar-refractivity contribution in [3.05, 3.63) is 53.2 Å². The van der Waals surface area contributed by atoms with Crippen LogP contribution < -0.4 is 20.3 Å². The van der Waals surface area contributed by atoms with Crippen LogP contribution in [0.5, 0.6) is 5.75 Å². The molecule has 2 bridgehead atoms. The van der Waals surface area contributed by atoms with Crippen LogP contribution in [0, 0.1) is 6.92 Å². The monoisotopic (exact) mass is 521 g/mol. The minimum Gasteiger partial charge on any atom is -0.496 e. The molecule has 3 aliphatic rings. The quantitative estimate of drug-likeness (QED) is 0.533. The molecule has 3 aliphatic heterocycles. The molecule has 1 aromatic heterocycles. The van der Waals surface area contributed by atoms with E-state index in [2.05, 4.69) is 20.5 Å². The summed E-state index contributed by atoms with van der Waals surface area (Å²) in [5, 5.41) is 15.3. The van der Waals surface area contributed by atoms with Gasteiger partial charge < -0.3 is 30.3 Å². The van der Waals surface area contributed by atoms with Crippen LogP contribution in [0.1, 0.15) is 64.8 Å². The van der Waals surface area contributed by atoms with E-state index in [0.717, 1.165) is 37.1 Å². The topological polar surface area (TPSA) is 124 Å². The Balaban J connectivity index is 1.17. The maximum absolute atomic E-state index is 13.0. The number of amides is 3. The summed E-state index contributed by atoms with van der Waals surface area (Å²) < 4.78 is 5.37. The molecule has 202 valence electrons. The number of aromatic nitrogens is 1. The summed E-state index contributed by atoms with van der Waals surface area (Å²) in [5.41, 5.74) is 1.98. The summed E-state index contributed by atoms with van der Waals surface area (Å²) in [5.74, 6) is 1.31. The first-order valence-corrected chi connectivity index (χ1v) is 13.3. The van der Waals surface area contributed by atoms with Crippen molar-refractivity contribution >= 4 is 23.7 Å². The standard InChI is InChI=1S/C28H35N5O5/c1-17-23(4-3-5-24(17)38-2)27(35)31-20-14-21-7-8-22(15-20)33(21)25-9-6-18(16-29-25)26(34)30-19-10-12-32(13-11-19)28(36)37/h3-6,9,16,19-22H,7-8,10-15H2,1-2H3,(H,30,34)(H,31,35)(H,36,37). The van der Waals surface area contributed by atoms with E-state index in [1.54, 1.807) is 13.3 Å². The minimum atomic E-state index is -0.915. The van der Waals surface area contributed by atoms with Crippen molar-refractivity contribution in [1.82, 2.24) is 20.5 Å². The normalized spacial score (nSPS) is 23.2. The third kappa shape index (κ3) is 5.25. The number of hydrogen-bond donors (Lipinski definition) is 3. The Labute approximate surface area is 222 Å². The van der Waals surface area contributed by atoms with Gasteiger partial charge in [0.15, 0.2) is 0 Å². The lowest BCUT2D eigenvalue weighted by molar-refractivity contribution is 0.0903. The highest BCUT2D eigenvalue weighted by atomic mass is 16.5. The molecular formula is C28H35N5O5. The molecule has 3 N–H and O–H groups in total. The number of carbonyl (C=O) groups is 3. The van der Waals surface area contributed by atoms with Gasteiger partial charge in [-0.1, -0.05) is 6.07 Å². The van der Waals surface area contributed by atoms with Crippen LogP contribution in [0.2, 0.25) is 0 Å². The SMILES string of the molecule is COc1cccc(C(=O)NC2CC3CCC(C2)N3c2ccc(C(=O)NC3CCN(C(=O)O)CC3)cn2)c1C. The van der Waals surface area contributed by atoms with E-state index in [-0.39, 0.29) is 36.0 Å². The van der Waals surface area contributed by atoms with Gasteiger partial charge in [0, 0.05) is 54.6 Å². The van der Waals surface area contributed by atoms with Crippen LogP contribution in [0.4, 0.5) is 10.6 Å². The number of pyridine rings is 1. The number of hydrogen-bond acceptors (Lipinski definition) is 6. The summed E-state index contributed by atoms with van der Waals surface area (Å²) in [7, 11) is 1.61. The number of carboxylic acid groups (broad SMARTS) is 1. The number of nitrogens with zero attached hydrogens (tertiary/aromatic N) is 3. The Hall–Kier alpha value is -3.82. The highest BCUT2D eigenvalue weighted by Crippen LogP contribution is 2.38. The third-order valence-electron chi connectivity index (χ3n) is 8.19. The Kier molecular flexibility index (Phi) is 7.40. The predicted molar refractivity (Wildman–Crippen MR) is 142 cm³/mol. The molecule has 2 unspecified atom stereocenters. The molecule has 0 radical (unpaired) electrons. The molecule has 0 aliphatic carbocycles. The second kappa shape index (κ2) is 10.9. The molecule has 0 saturated carbocycles. The number of ether oxygens (including phenoxy) is 1. The number of anilines is 1. The van der Waals surface area contributed by atoms with Gasteiger partial charge in [-0.15, -0.1) is 0 Å². The minimum absolute atomic E-state index is 0.0383. The largest absolute Gasteiger partial charge is 0.496 e. The van der Waals surface area contributed by atoms with Crippen LogP contribution in [0.15, 0.2) is 36.5 Å². The number of fused-ring (bicyclic) bond motifs is 2. The Morgan fingerprint density at radius 3 is 2.24 bits per heavy atom. The lowest BCUT2D eigenvalue weighted by Crippen LogP contribution is -2.51. The van der Waals surface area contributed by atoms with Gasteiger partial charge in [0.1, 0.15) is 11.6 Å². The van der Waals surface area contributed by atoms with Crippen LogP contribution in [0.3, 0.4) is 0 Å². The molecule has 3 amide bonds. The van der Waals surface area contributed by atoms with Gasteiger partial charge >= 0.3 is 6.09 Å². The van der Waals surface area contributed by atoms with Gasteiger partial charge in [0.05, 0.1) is 12.7 Å². The summed E-state index contributed by atoms with van der Waals surface area (Å²) in [6.07, 6.45) is 5.72. The van der Waals surface area contributed by atoms with Crippen molar-refractivity contribution in [1.29, 1.82) is 0 Å². The first kappa shape index (κ1) is 25.8. The molecule has 0 spiro atoms. The van der Waals surface area contributed by atoms with Crippen molar-refractivity contribution < 1.29 is 24.2 Å². The molecule has 5 rings (SSSR count). The van der Waals surface area contributed by atoms with Crippen LogP contribution in [-0.4, -0.2) is 77.3 Å². The summed E-state index contributed by atoms with van der Waals surface area (Å²) >= 11 is 0. The van der Waals surface area contributed by atoms with E-state index in [9.17, 15) is 14.4 Å². The van der Waals surface area contributed by atoms with Crippen LogP contribution in [-0.2, 0) is 0 Å². The maximum Gasteiger partial charge on any atom is 0.407 e. The van der Waals surface area contributed by atoms with E-state index < -0.39 is 6.09 Å². The third-order valence-corrected chi connectivity index (χ3v) is 8.19. The van der Waals surface area contributed by atoms with Crippen molar-refractivity contribution in [3.63, 3.8) is 0 Å². The number of nitrogens with one attached hydrogen (secondary N) is 2. The zero-order valence-corrected chi connectivity index (χ0v) is 21.9. The number of rotatable bonds is 6. The number of methoxy groups -OCH3 is 1. The van der Waals surface area contributed by atoms with E-state index >= 15 is 0 Å². The van der Waals surface area contributed by atoms with Crippen LogP contribution in [0.25, 0.3) is 0 Å². The molecule has 10 nitrogen and oxygen atoms in total. The molecular weight excluding hydrogens is 486 g/mol. The second-order valence-corrected chi connectivity index (χ2v) is 10.5. The lowest BCUT2D eigenvalue weighted by Gasteiger charge is -2.40. The Bertz CT molecular complexity index is 1180. The zero-order chi connectivity index (χ0) is 26.8. The second-order valence-electron chi connectivity index (χ2n) is 10.5. The number of benzene rings is 1. The van der Waals surface area contributed by atoms with Crippen molar-refractivity contribution in [3.8, 4) is 5.75 Å². The maximum atomic E-state index is 13.0. The van der Waals surface area contributed by atoms with Gasteiger partial charge in [-0.2, -0.15) is 0 Å². The first-order valence-electron chi connectivity index (χ1n) is 13.3. The van der Waals surface area contributed by atoms with E-state index in [0.29, 0.717) is 42.8 Å². The Morgan fingerprint density at radius 2 is 1.63 bits per heavy atom. The van der Waals surface area contributed by atoms with E-state index in [4.69, 9.17) is 9.84 Å². The highest BCUT2D eigenvalue weighted by molar-refractivity contribution is 5.96. The molecule has 2 aromatic rings. The highest BCUT2D eigenvalue weighted by Gasteiger charge is 2.42. The molecule has 4 heterocycles. The summed E-state index contributed by atoms with van der Waals surface area (Å²) in [6, 6.07) is 9.88. The predicted octanol–water partition coefficient (Wildman–Crippen LogP) is 3.20. The molecule has 2 atom stereocenters. The summed E-state index contributed by atoms with van der Waals surface area (Å²) in [4.78, 5) is 45.2.